The van der Waals surface area contributed by atoms with E-state index in [1.807, 2.05) is 54.5 Å². The second-order valence-corrected chi connectivity index (χ2v) is 20.6. The van der Waals surface area contributed by atoms with E-state index in [9.17, 15) is 14.4 Å². The molecular weight excluding hydrogens is 869 g/mol. The molecule has 3 aliphatic heterocycles. The summed E-state index contributed by atoms with van der Waals surface area (Å²) in [5.74, 6) is 1.62. The number of aromatic amines is 2. The van der Waals surface area contributed by atoms with Gasteiger partial charge in [-0.3, -0.25) is 24.8 Å². The first-order chi connectivity index (χ1) is 33.0. The fourth-order valence-electron chi connectivity index (χ4n) is 9.84. The van der Waals surface area contributed by atoms with Gasteiger partial charge in [0.2, 0.25) is 23.6 Å². The van der Waals surface area contributed by atoms with Crippen molar-refractivity contribution in [3.63, 3.8) is 0 Å². The molecule has 3 aromatic heterocycles. The van der Waals surface area contributed by atoms with E-state index in [4.69, 9.17) is 15.2 Å². The molecule has 2 aromatic carbocycles. The third-order valence-corrected chi connectivity index (χ3v) is 13.5. The molecule has 370 valence electrons. The van der Waals surface area contributed by atoms with Gasteiger partial charge in [-0.2, -0.15) is 0 Å². The molecule has 0 saturated carbocycles. The lowest BCUT2D eigenvalue weighted by Crippen LogP contribution is -2.42. The number of amides is 4. The lowest BCUT2D eigenvalue weighted by Gasteiger charge is -2.28. The number of nitrogens with two attached hydrogens (primary N) is 1. The van der Waals surface area contributed by atoms with Crippen molar-refractivity contribution < 1.29 is 23.9 Å². The molecule has 5 N–H and O–H groups in total. The number of rotatable bonds is 16. The molecule has 3 saturated heterocycles. The van der Waals surface area contributed by atoms with Crippen LogP contribution in [-0.4, -0.2) is 123 Å². The number of hydrogen-bond donors (Lipinski definition) is 4. The van der Waals surface area contributed by atoms with Gasteiger partial charge in [0.05, 0.1) is 22.2 Å². The van der Waals surface area contributed by atoms with Gasteiger partial charge in [-0.05, 0) is 149 Å². The molecule has 15 heteroatoms. The Hall–Kier alpha value is -6.22. The highest BCUT2D eigenvalue weighted by molar-refractivity contribution is 5.83. The molecular formula is C54H74N10O5. The Kier molecular flexibility index (Phi) is 16.5. The first kappa shape index (κ1) is 50.7. The number of aromatic nitrogens is 5. The molecule has 0 bridgehead atoms. The first-order valence-corrected chi connectivity index (χ1v) is 24.8. The minimum Gasteiger partial charge on any atom is -0.475 e. The monoisotopic (exact) mass is 943 g/mol. The molecule has 3 fully saturated rings. The summed E-state index contributed by atoms with van der Waals surface area (Å²) < 4.78 is 12.3. The van der Waals surface area contributed by atoms with Gasteiger partial charge in [-0.1, -0.05) is 34.4 Å². The maximum Gasteiger partial charge on any atom is 0.317 e. The van der Waals surface area contributed by atoms with E-state index in [0.717, 1.165) is 110 Å². The number of urea groups is 1. The van der Waals surface area contributed by atoms with Crippen molar-refractivity contribution in [2.45, 2.75) is 106 Å². The molecule has 15 nitrogen and oxygen atoms in total. The lowest BCUT2D eigenvalue weighted by atomic mass is 9.93. The van der Waals surface area contributed by atoms with E-state index >= 15 is 0 Å². The maximum absolute atomic E-state index is 13.1. The second kappa shape index (κ2) is 22.5. The number of hydrogen-bond acceptors (Lipinski definition) is 9. The van der Waals surface area contributed by atoms with E-state index in [1.54, 1.807) is 12.4 Å². The van der Waals surface area contributed by atoms with Crippen LogP contribution in [0, 0.1) is 38.5 Å². The quantitative estimate of drug-likeness (QED) is 0.0759. The first-order valence-electron chi connectivity index (χ1n) is 24.8. The summed E-state index contributed by atoms with van der Waals surface area (Å²) in [7, 11) is 0. The van der Waals surface area contributed by atoms with Gasteiger partial charge >= 0.3 is 6.03 Å². The summed E-state index contributed by atoms with van der Waals surface area (Å²) in [6.45, 7) is 22.3. The number of nitrogens with zero attached hydrogens (tertiary/aromatic N) is 6. The summed E-state index contributed by atoms with van der Waals surface area (Å²) in [6.07, 6.45) is 10.0. The van der Waals surface area contributed by atoms with Crippen LogP contribution in [0.1, 0.15) is 105 Å². The van der Waals surface area contributed by atoms with Gasteiger partial charge in [0, 0.05) is 86.4 Å². The van der Waals surface area contributed by atoms with Crippen molar-refractivity contribution in [3.8, 4) is 34.3 Å². The molecule has 8 rings (SSSR count). The Morgan fingerprint density at radius 3 is 1.57 bits per heavy atom. The summed E-state index contributed by atoms with van der Waals surface area (Å²) >= 11 is 0. The number of carbonyl (C=O) groups excluding carboxylic acids is 3. The van der Waals surface area contributed by atoms with E-state index in [2.05, 4.69) is 94.8 Å². The van der Waals surface area contributed by atoms with Gasteiger partial charge in [-0.15, -0.1) is 10.2 Å². The van der Waals surface area contributed by atoms with Crippen LogP contribution < -0.4 is 20.5 Å². The highest BCUT2D eigenvalue weighted by atomic mass is 16.5. The van der Waals surface area contributed by atoms with Gasteiger partial charge < -0.3 is 35.2 Å². The molecule has 1 unspecified atom stereocenters. The van der Waals surface area contributed by atoms with Crippen LogP contribution >= 0.6 is 0 Å². The highest BCUT2D eigenvalue weighted by Gasteiger charge is 2.36. The van der Waals surface area contributed by atoms with Crippen molar-refractivity contribution in [1.82, 2.24) is 45.4 Å². The van der Waals surface area contributed by atoms with Crippen LogP contribution in [0.2, 0.25) is 0 Å². The number of carbonyl (C=O) groups is 3. The number of ether oxygens (including phenoxy) is 2. The predicted molar refractivity (Wildman–Crippen MR) is 270 cm³/mol. The Labute approximate surface area is 408 Å². The van der Waals surface area contributed by atoms with Gasteiger partial charge in [0.15, 0.2) is 0 Å². The molecule has 4 amide bonds. The van der Waals surface area contributed by atoms with Crippen LogP contribution in [0.15, 0.2) is 60.9 Å². The molecule has 6 heterocycles. The molecule has 0 radical (unpaired) electrons. The van der Waals surface area contributed by atoms with Crippen molar-refractivity contribution in [2.24, 2.45) is 16.6 Å². The zero-order chi connectivity index (χ0) is 49.3. The molecule has 0 spiro atoms. The Morgan fingerprint density at radius 2 is 1.12 bits per heavy atom. The van der Waals surface area contributed by atoms with Gasteiger partial charge in [0.1, 0.15) is 13.2 Å². The molecule has 0 aliphatic carbocycles. The van der Waals surface area contributed by atoms with Crippen molar-refractivity contribution in [2.75, 3.05) is 65.6 Å². The minimum absolute atomic E-state index is 0.0576. The fourth-order valence-corrected chi connectivity index (χ4v) is 9.84. The zero-order valence-corrected chi connectivity index (χ0v) is 42.2. The highest BCUT2D eigenvalue weighted by Crippen LogP contribution is 2.34. The van der Waals surface area contributed by atoms with E-state index in [-0.39, 0.29) is 31.1 Å². The average Bonchev–Trinajstić information content (AvgIpc) is 4.18. The predicted octanol–water partition coefficient (Wildman–Crippen LogP) is 8.08. The van der Waals surface area contributed by atoms with Crippen LogP contribution in [-0.2, 0) is 22.4 Å². The smallest absolute Gasteiger partial charge is 0.317 e. The molecule has 1 atom stereocenters. The normalized spacial score (nSPS) is 16.1. The van der Waals surface area contributed by atoms with E-state index < -0.39 is 10.8 Å². The molecule has 69 heavy (non-hydrogen) atoms. The number of aryl methyl sites for hydroxylation is 4. The lowest BCUT2D eigenvalue weighted by molar-refractivity contribution is -0.141. The number of H-pyrrole nitrogens is 2. The SMILES string of the molecule is Cc1cc(C)cc(-c2[nH]nc(OCC(C)(C)C(=O)N3CCCC3)c2CCN)c1.Cc1cc(C)cc(-c2[nH]nc(OCC(C)(C)C(=O)N3CCCC3)c2CCNC(=O)N2CCC(c3ccncc3)C2)c1. The van der Waals surface area contributed by atoms with Crippen LogP contribution in [0.3, 0.4) is 0 Å². The number of pyridine rings is 1. The summed E-state index contributed by atoms with van der Waals surface area (Å²) in [5.41, 5.74) is 16.3. The Morgan fingerprint density at radius 1 is 0.667 bits per heavy atom. The minimum atomic E-state index is -0.671. The summed E-state index contributed by atoms with van der Waals surface area (Å²) in [6, 6.07) is 16.8. The van der Waals surface area contributed by atoms with E-state index in [0.29, 0.717) is 50.2 Å². The third-order valence-electron chi connectivity index (χ3n) is 13.5. The van der Waals surface area contributed by atoms with Crippen LogP contribution in [0.4, 0.5) is 4.79 Å². The zero-order valence-electron chi connectivity index (χ0n) is 42.2. The second-order valence-electron chi connectivity index (χ2n) is 20.6. The van der Waals surface area contributed by atoms with Crippen molar-refractivity contribution in [3.05, 3.63) is 99.9 Å². The fraction of sp³-hybridized carbons (Fsp3) is 0.519. The maximum atomic E-state index is 13.1. The Balaban J connectivity index is 0.000000219. The molecule has 5 aromatic rings. The van der Waals surface area contributed by atoms with Crippen molar-refractivity contribution in [1.29, 1.82) is 0 Å². The van der Waals surface area contributed by atoms with Gasteiger partial charge in [0.25, 0.3) is 0 Å². The van der Waals surface area contributed by atoms with Crippen LogP contribution in [0.25, 0.3) is 22.5 Å². The topological polar surface area (TPSA) is 188 Å². The summed E-state index contributed by atoms with van der Waals surface area (Å²) in [5, 5.41) is 18.3. The number of benzene rings is 2. The number of likely N-dealkylation sites (tertiary alicyclic amines) is 3. The third kappa shape index (κ3) is 12.7. The summed E-state index contributed by atoms with van der Waals surface area (Å²) in [4.78, 5) is 48.8. The standard InChI is InChI=1S/C32H42N6O3.C22H32N4O2/c1-22-17-23(2)19-26(18-22)28-27(29(36-35-28)41-21-32(3,4)30(39)37-14-5-6-15-37)9-13-34-31(40)38-16-10-25(20-38)24-7-11-33-12-8-24;1-15-11-16(2)13-17(12-15)19-18(7-8-23)20(25-24-19)28-14-22(3,4)21(27)26-9-5-6-10-26/h7-8,11-12,17-19,25H,5-6,9-10,13-16,20-21H2,1-4H3,(H,34,40)(H,35,36);11-13H,5-10,14,23H2,1-4H3,(H,24,25). The van der Waals surface area contributed by atoms with Crippen LogP contribution in [0.5, 0.6) is 11.8 Å². The molecule has 3 aliphatic rings. The van der Waals surface area contributed by atoms with Crippen molar-refractivity contribution >= 4 is 17.8 Å². The van der Waals surface area contributed by atoms with E-state index in [1.165, 1.54) is 16.7 Å². The number of nitrogens with one attached hydrogen (secondary N) is 3. The Bertz CT molecular complexity index is 2500. The largest absolute Gasteiger partial charge is 0.475 e. The average molecular weight is 943 g/mol. The van der Waals surface area contributed by atoms with Gasteiger partial charge in [-0.25, -0.2) is 4.79 Å².